The molecule has 0 heterocycles. The summed E-state index contributed by atoms with van der Waals surface area (Å²) in [5.74, 6) is -1.63. The Bertz CT molecular complexity index is 849. The van der Waals surface area contributed by atoms with Crippen molar-refractivity contribution >= 4 is 28.8 Å². The van der Waals surface area contributed by atoms with Crippen molar-refractivity contribution in [1.29, 1.82) is 0 Å². The van der Waals surface area contributed by atoms with Crippen LogP contribution in [-0.4, -0.2) is 40.1 Å². The third-order valence-electron chi connectivity index (χ3n) is 8.48. The first kappa shape index (κ1) is 19.9. The molecule has 0 aromatic heterocycles. The van der Waals surface area contributed by atoms with E-state index in [2.05, 4.69) is 0 Å². The van der Waals surface area contributed by atoms with Gasteiger partial charge in [0.05, 0.1) is 7.11 Å². The number of carbonyl (C=O) groups is 2. The van der Waals surface area contributed by atoms with Crippen LogP contribution in [0.15, 0.2) is 23.8 Å². The number of aliphatic hydroxyl groups is 1. The van der Waals surface area contributed by atoms with Crippen molar-refractivity contribution in [2.45, 2.75) is 57.7 Å². The van der Waals surface area contributed by atoms with Crippen LogP contribution in [0.1, 0.15) is 46.5 Å². The summed E-state index contributed by atoms with van der Waals surface area (Å²) in [5.41, 5.74) is -4.83. The first-order valence-corrected chi connectivity index (χ1v) is 10.3. The molecule has 0 aromatic rings. The molecule has 6 heteroatoms. The fraction of sp³-hybridized carbons (Fsp3) is 0.682. The van der Waals surface area contributed by atoms with E-state index in [0.717, 1.165) is 0 Å². The van der Waals surface area contributed by atoms with Crippen LogP contribution >= 0.6 is 12.2 Å². The van der Waals surface area contributed by atoms with E-state index < -0.39 is 33.8 Å². The number of fused-ring (bicyclic) bond motifs is 5. The van der Waals surface area contributed by atoms with Gasteiger partial charge in [-0.25, -0.2) is 4.39 Å². The van der Waals surface area contributed by atoms with Gasteiger partial charge in [0.1, 0.15) is 5.60 Å². The van der Waals surface area contributed by atoms with Gasteiger partial charge in [-0.3, -0.25) is 9.59 Å². The monoisotopic (exact) mass is 406 g/mol. The molecule has 28 heavy (non-hydrogen) atoms. The van der Waals surface area contributed by atoms with Gasteiger partial charge in [0.2, 0.25) is 0 Å². The number of hydrogen-bond donors (Lipinski definition) is 1. The molecule has 4 aliphatic rings. The molecule has 0 spiro atoms. The van der Waals surface area contributed by atoms with Gasteiger partial charge < -0.3 is 9.84 Å². The van der Waals surface area contributed by atoms with Crippen LogP contribution in [0.4, 0.5) is 4.39 Å². The standard InChI is InChI=1S/C22H27FO4S/c1-12-9-16-15-6-5-13-10-14(24)7-8-19(13,2)21(15,23)17(25)11-20(16,3)22(12,26)18(28)27-4/h7-8,10,12,15-16,26H,5-6,9,11H2,1-4H3/t12-,15-,16-,19-,20-,21-,22-/m0/s1. The number of Topliss-reactive ketones (excluding diaryl/α,β-unsaturated/α-hetero) is 1. The SMILES string of the molecule is COC(=S)[C@@]1(O)[C@@H](C)C[C@H]2[C@@H]3CCC4=CC(=O)C=C[C@]4(C)[C@@]3(F)C(=O)C[C@@]21C. The Morgan fingerprint density at radius 3 is 2.64 bits per heavy atom. The minimum Gasteiger partial charge on any atom is -0.488 e. The van der Waals surface area contributed by atoms with E-state index in [1.165, 1.54) is 19.3 Å². The van der Waals surface area contributed by atoms with Crippen LogP contribution in [0.3, 0.4) is 0 Å². The molecule has 0 bridgehead atoms. The second-order valence-corrected chi connectivity index (χ2v) is 9.85. The van der Waals surface area contributed by atoms with Crippen molar-refractivity contribution in [2.75, 3.05) is 7.11 Å². The van der Waals surface area contributed by atoms with Gasteiger partial charge in [0.15, 0.2) is 22.3 Å². The Morgan fingerprint density at radius 2 is 2.00 bits per heavy atom. The molecule has 7 atom stereocenters. The van der Waals surface area contributed by atoms with Crippen molar-refractivity contribution in [3.63, 3.8) is 0 Å². The average Bonchev–Trinajstić information content (AvgIpc) is 2.84. The lowest BCUT2D eigenvalue weighted by Crippen LogP contribution is -2.67. The van der Waals surface area contributed by atoms with Crippen molar-refractivity contribution in [3.8, 4) is 0 Å². The Hall–Kier alpha value is -1.40. The van der Waals surface area contributed by atoms with Crippen LogP contribution in [0.25, 0.3) is 0 Å². The quantitative estimate of drug-likeness (QED) is 0.675. The predicted octanol–water partition coefficient (Wildman–Crippen LogP) is 3.52. The van der Waals surface area contributed by atoms with Gasteiger partial charge in [-0.2, -0.15) is 0 Å². The van der Waals surface area contributed by atoms with E-state index in [4.69, 9.17) is 17.0 Å². The molecule has 0 aromatic carbocycles. The molecule has 3 fully saturated rings. The van der Waals surface area contributed by atoms with Crippen LogP contribution < -0.4 is 0 Å². The van der Waals surface area contributed by atoms with Gasteiger partial charge in [0.25, 0.3) is 0 Å². The number of alkyl halides is 1. The maximum Gasteiger partial charge on any atom is 0.192 e. The molecular formula is C22H27FO4S. The molecule has 0 saturated heterocycles. The number of allylic oxidation sites excluding steroid dienone is 4. The maximum atomic E-state index is 16.8. The Morgan fingerprint density at radius 1 is 1.32 bits per heavy atom. The number of carbonyl (C=O) groups excluding carboxylic acids is 2. The van der Waals surface area contributed by atoms with E-state index >= 15 is 4.39 Å². The van der Waals surface area contributed by atoms with Gasteiger partial charge in [-0.1, -0.05) is 25.5 Å². The van der Waals surface area contributed by atoms with Gasteiger partial charge >= 0.3 is 0 Å². The van der Waals surface area contributed by atoms with E-state index in [9.17, 15) is 14.7 Å². The zero-order valence-electron chi connectivity index (χ0n) is 16.8. The van der Waals surface area contributed by atoms with Crippen molar-refractivity contribution in [2.24, 2.45) is 28.6 Å². The number of rotatable bonds is 1. The summed E-state index contributed by atoms with van der Waals surface area (Å²) in [7, 11) is 1.43. The van der Waals surface area contributed by atoms with E-state index in [1.807, 2.05) is 13.8 Å². The van der Waals surface area contributed by atoms with Crippen LogP contribution in [0.5, 0.6) is 0 Å². The van der Waals surface area contributed by atoms with Gasteiger partial charge in [-0.05, 0) is 62.4 Å². The first-order chi connectivity index (χ1) is 13.0. The maximum absolute atomic E-state index is 16.8. The molecule has 4 rings (SSSR count). The second kappa shape index (κ2) is 5.82. The molecule has 0 aliphatic heterocycles. The molecule has 152 valence electrons. The second-order valence-electron chi connectivity index (χ2n) is 9.48. The van der Waals surface area contributed by atoms with Crippen LogP contribution in [0.2, 0.25) is 0 Å². The number of ketones is 2. The van der Waals surface area contributed by atoms with E-state index in [-0.39, 0.29) is 29.1 Å². The highest BCUT2D eigenvalue weighted by Gasteiger charge is 2.75. The van der Waals surface area contributed by atoms with Gasteiger partial charge in [0, 0.05) is 23.2 Å². The molecular weight excluding hydrogens is 379 g/mol. The van der Waals surface area contributed by atoms with Crippen molar-refractivity contribution in [3.05, 3.63) is 23.8 Å². The highest BCUT2D eigenvalue weighted by atomic mass is 32.1. The lowest BCUT2D eigenvalue weighted by Gasteiger charge is -2.59. The van der Waals surface area contributed by atoms with Crippen LogP contribution in [-0.2, 0) is 14.3 Å². The third kappa shape index (κ3) is 2.01. The molecule has 0 radical (unpaired) electrons. The topological polar surface area (TPSA) is 63.6 Å². The summed E-state index contributed by atoms with van der Waals surface area (Å²) in [4.78, 5) is 25.3. The summed E-state index contributed by atoms with van der Waals surface area (Å²) >= 11 is 5.35. The minimum atomic E-state index is -2.09. The largest absolute Gasteiger partial charge is 0.488 e. The van der Waals surface area contributed by atoms with Crippen LogP contribution in [0, 0.1) is 28.6 Å². The average molecular weight is 407 g/mol. The van der Waals surface area contributed by atoms with Gasteiger partial charge in [-0.15, -0.1) is 0 Å². The highest BCUT2D eigenvalue weighted by Crippen LogP contribution is 2.69. The highest BCUT2D eigenvalue weighted by molar-refractivity contribution is 7.80. The predicted molar refractivity (Wildman–Crippen MR) is 106 cm³/mol. The molecule has 1 N–H and O–H groups in total. The number of halogens is 1. The molecule has 0 unspecified atom stereocenters. The zero-order chi connectivity index (χ0) is 20.7. The van der Waals surface area contributed by atoms with E-state index in [0.29, 0.717) is 24.8 Å². The fourth-order valence-corrected chi connectivity index (χ4v) is 7.30. The molecule has 4 nitrogen and oxygen atoms in total. The van der Waals surface area contributed by atoms with Crippen molar-refractivity contribution < 1.29 is 23.8 Å². The zero-order valence-corrected chi connectivity index (χ0v) is 17.6. The number of thiocarbonyl (C=S) groups is 1. The minimum absolute atomic E-state index is 0.0786. The van der Waals surface area contributed by atoms with E-state index in [1.54, 1.807) is 13.0 Å². The Balaban J connectivity index is 1.85. The summed E-state index contributed by atoms with van der Waals surface area (Å²) < 4.78 is 22.1. The Labute approximate surface area is 170 Å². The number of hydrogen-bond acceptors (Lipinski definition) is 5. The summed E-state index contributed by atoms with van der Waals surface area (Å²) in [5, 5.41) is 11.7. The summed E-state index contributed by atoms with van der Waals surface area (Å²) in [6.07, 6.45) is 5.99. The molecule has 3 saturated carbocycles. The number of methoxy groups -OCH3 is 1. The third-order valence-corrected chi connectivity index (χ3v) is 8.96. The smallest absolute Gasteiger partial charge is 0.192 e. The molecule has 0 amide bonds. The lowest BCUT2D eigenvalue weighted by atomic mass is 9.45. The lowest BCUT2D eigenvalue weighted by molar-refractivity contribution is -0.175. The number of ether oxygens (including phenoxy) is 1. The normalized spacial score (nSPS) is 49.8. The summed E-state index contributed by atoms with van der Waals surface area (Å²) in [6.45, 7) is 5.49. The summed E-state index contributed by atoms with van der Waals surface area (Å²) in [6, 6.07) is 0. The fourth-order valence-electron chi connectivity index (χ4n) is 6.87. The Kier molecular flexibility index (Phi) is 4.13. The van der Waals surface area contributed by atoms with Crippen molar-refractivity contribution in [1.82, 2.24) is 0 Å². The first-order valence-electron chi connectivity index (χ1n) is 9.94. The molecule has 4 aliphatic carbocycles.